The number of urea groups is 1. The summed E-state index contributed by atoms with van der Waals surface area (Å²) < 4.78 is 0. The van der Waals surface area contributed by atoms with Crippen LogP contribution in [0.25, 0.3) is 0 Å². The lowest BCUT2D eigenvalue weighted by atomic mass is 10.3. The molecule has 0 bridgehead atoms. The van der Waals surface area contributed by atoms with Crippen LogP contribution in [-0.2, 0) is 0 Å². The van der Waals surface area contributed by atoms with E-state index in [-0.39, 0.29) is 6.03 Å². The van der Waals surface area contributed by atoms with Crippen LogP contribution in [0.2, 0.25) is 0 Å². The van der Waals surface area contributed by atoms with Gasteiger partial charge in [0.25, 0.3) is 0 Å². The van der Waals surface area contributed by atoms with Crippen molar-refractivity contribution in [3.63, 3.8) is 0 Å². The first kappa shape index (κ1) is 8.88. The van der Waals surface area contributed by atoms with Crippen LogP contribution in [0.3, 0.4) is 0 Å². The van der Waals surface area contributed by atoms with Gasteiger partial charge in [0.2, 0.25) is 0 Å². The molecule has 0 aromatic carbocycles. The molecule has 2 amide bonds. The molecular weight excluding hydrogens is 154 g/mol. The summed E-state index contributed by atoms with van der Waals surface area (Å²) in [6.07, 6.45) is 6.61. The number of amides is 2. The summed E-state index contributed by atoms with van der Waals surface area (Å²) in [5, 5.41) is 1.24. The molecule has 0 aromatic heterocycles. The highest BCUT2D eigenvalue weighted by molar-refractivity contribution is 5.74. The quantitative estimate of drug-likeness (QED) is 0.358. The number of nitrogens with two attached hydrogens (primary N) is 1. The van der Waals surface area contributed by atoms with Crippen molar-refractivity contribution in [1.29, 1.82) is 0 Å². The molecule has 0 unspecified atom stereocenters. The van der Waals surface area contributed by atoms with Gasteiger partial charge in [-0.15, -0.1) is 12.3 Å². The molecule has 4 nitrogen and oxygen atoms in total. The lowest BCUT2D eigenvalue weighted by Gasteiger charge is -2.32. The zero-order valence-electron chi connectivity index (χ0n) is 6.99. The Kier molecular flexibility index (Phi) is 2.94. The Hall–Kier alpha value is -1.21. The average Bonchev–Trinajstić information content (AvgIpc) is 2.08. The normalized spacial score (nSPS) is 17.8. The summed E-state index contributed by atoms with van der Waals surface area (Å²) in [5.74, 6) is 7.93. The molecule has 1 rings (SSSR count). The molecular formula is C8H13N3O. The predicted octanol–water partition coefficient (Wildman–Crippen LogP) is 0.0111. The fourth-order valence-corrected chi connectivity index (χ4v) is 1.21. The number of hydrogen-bond acceptors (Lipinski definition) is 2. The van der Waals surface area contributed by atoms with E-state index >= 15 is 0 Å². The summed E-state index contributed by atoms with van der Waals surface area (Å²) in [5.41, 5.74) is 0. The molecule has 1 aliphatic heterocycles. The summed E-state index contributed by atoms with van der Waals surface area (Å²) in [7, 11) is 0. The Balaban J connectivity index is 2.42. The predicted molar refractivity (Wildman–Crippen MR) is 45.9 cm³/mol. The Labute approximate surface area is 72.3 Å². The van der Waals surface area contributed by atoms with Crippen LogP contribution in [0.15, 0.2) is 0 Å². The largest absolute Gasteiger partial charge is 0.334 e. The molecule has 0 aliphatic carbocycles. The molecule has 1 aliphatic rings. The number of carbonyl (C=O) groups excluding carboxylic acids is 1. The maximum Gasteiger partial charge on any atom is 0.334 e. The van der Waals surface area contributed by atoms with Crippen LogP contribution >= 0.6 is 0 Å². The molecule has 1 fully saturated rings. The van der Waals surface area contributed by atoms with Gasteiger partial charge in [0.1, 0.15) is 0 Å². The first-order chi connectivity index (χ1) is 5.75. The van der Waals surface area contributed by atoms with Gasteiger partial charge in [-0.1, -0.05) is 0 Å². The number of rotatable bonds is 2. The zero-order chi connectivity index (χ0) is 8.97. The van der Waals surface area contributed by atoms with Crippen molar-refractivity contribution >= 4 is 6.03 Å². The SMILES string of the molecule is C#CCCN1CCCN(N)C1=O. The molecule has 0 radical (unpaired) electrons. The van der Waals surface area contributed by atoms with E-state index in [1.165, 1.54) is 5.01 Å². The summed E-state index contributed by atoms with van der Waals surface area (Å²) >= 11 is 0. The lowest BCUT2D eigenvalue weighted by Crippen LogP contribution is -2.52. The second kappa shape index (κ2) is 3.98. The maximum absolute atomic E-state index is 11.3. The molecule has 0 spiro atoms. The minimum absolute atomic E-state index is 0.114. The monoisotopic (exact) mass is 167 g/mol. The molecule has 66 valence electrons. The lowest BCUT2D eigenvalue weighted by molar-refractivity contribution is 0.131. The summed E-state index contributed by atoms with van der Waals surface area (Å²) in [4.78, 5) is 13.0. The molecule has 0 saturated carbocycles. The van der Waals surface area contributed by atoms with Gasteiger partial charge in [-0.2, -0.15) is 0 Å². The van der Waals surface area contributed by atoms with E-state index < -0.39 is 0 Å². The molecule has 4 heteroatoms. The van der Waals surface area contributed by atoms with Gasteiger partial charge in [-0.3, -0.25) is 5.01 Å². The number of hydrazine groups is 1. The highest BCUT2D eigenvalue weighted by atomic mass is 16.2. The Bertz CT molecular complexity index is 209. The van der Waals surface area contributed by atoms with Gasteiger partial charge < -0.3 is 4.90 Å². The van der Waals surface area contributed by atoms with Gasteiger partial charge in [0.15, 0.2) is 0 Å². The highest BCUT2D eigenvalue weighted by Gasteiger charge is 2.21. The molecule has 2 N–H and O–H groups in total. The minimum Gasteiger partial charge on any atom is -0.323 e. The summed E-state index contributed by atoms with van der Waals surface area (Å²) in [6.45, 7) is 2.03. The number of carbonyl (C=O) groups is 1. The second-order valence-electron chi connectivity index (χ2n) is 2.77. The first-order valence-corrected chi connectivity index (χ1v) is 4.00. The Morgan fingerprint density at radius 3 is 3.00 bits per heavy atom. The van der Waals surface area contributed by atoms with E-state index in [0.717, 1.165) is 13.0 Å². The average molecular weight is 167 g/mol. The third kappa shape index (κ3) is 1.89. The van der Waals surface area contributed by atoms with Crippen LogP contribution in [0.4, 0.5) is 4.79 Å². The van der Waals surface area contributed by atoms with Crippen molar-refractivity contribution in [2.24, 2.45) is 5.84 Å². The van der Waals surface area contributed by atoms with E-state index in [4.69, 9.17) is 12.3 Å². The van der Waals surface area contributed by atoms with Gasteiger partial charge in [0, 0.05) is 26.1 Å². The van der Waals surface area contributed by atoms with Gasteiger partial charge in [-0.05, 0) is 6.42 Å². The molecule has 12 heavy (non-hydrogen) atoms. The van der Waals surface area contributed by atoms with Gasteiger partial charge >= 0.3 is 6.03 Å². The van der Waals surface area contributed by atoms with Crippen LogP contribution in [-0.4, -0.2) is 35.6 Å². The highest BCUT2D eigenvalue weighted by Crippen LogP contribution is 2.05. The van der Waals surface area contributed by atoms with E-state index in [1.807, 2.05) is 0 Å². The molecule has 0 atom stereocenters. The number of nitrogens with zero attached hydrogens (tertiary/aromatic N) is 2. The van der Waals surface area contributed by atoms with Crippen LogP contribution in [0.5, 0.6) is 0 Å². The van der Waals surface area contributed by atoms with Crippen LogP contribution < -0.4 is 5.84 Å². The Morgan fingerprint density at radius 2 is 2.33 bits per heavy atom. The van der Waals surface area contributed by atoms with Gasteiger partial charge in [-0.25, -0.2) is 10.6 Å². The van der Waals surface area contributed by atoms with Crippen LogP contribution in [0, 0.1) is 12.3 Å². The fraction of sp³-hybridized carbons (Fsp3) is 0.625. The first-order valence-electron chi connectivity index (χ1n) is 4.00. The maximum atomic E-state index is 11.3. The van der Waals surface area contributed by atoms with Gasteiger partial charge in [0.05, 0.1) is 0 Å². The van der Waals surface area contributed by atoms with E-state index in [1.54, 1.807) is 4.90 Å². The van der Waals surface area contributed by atoms with Crippen molar-refractivity contribution < 1.29 is 4.79 Å². The second-order valence-corrected chi connectivity index (χ2v) is 2.77. The molecule has 1 saturated heterocycles. The standard InChI is InChI=1S/C8H13N3O/c1-2-3-5-10-6-4-7-11(9)8(10)12/h1H,3-7,9H2. The van der Waals surface area contributed by atoms with Crippen molar-refractivity contribution in [2.75, 3.05) is 19.6 Å². The minimum atomic E-state index is -0.114. The topological polar surface area (TPSA) is 49.6 Å². The van der Waals surface area contributed by atoms with E-state index in [0.29, 0.717) is 19.5 Å². The molecule has 1 heterocycles. The summed E-state index contributed by atoms with van der Waals surface area (Å²) in [6, 6.07) is -0.114. The van der Waals surface area contributed by atoms with Crippen LogP contribution in [0.1, 0.15) is 12.8 Å². The number of terminal acetylenes is 1. The third-order valence-electron chi connectivity index (χ3n) is 1.87. The fourth-order valence-electron chi connectivity index (χ4n) is 1.21. The smallest absolute Gasteiger partial charge is 0.323 e. The van der Waals surface area contributed by atoms with Crippen molar-refractivity contribution in [2.45, 2.75) is 12.8 Å². The van der Waals surface area contributed by atoms with E-state index in [2.05, 4.69) is 5.92 Å². The Morgan fingerprint density at radius 1 is 1.58 bits per heavy atom. The number of hydrogen-bond donors (Lipinski definition) is 1. The van der Waals surface area contributed by atoms with Crippen molar-refractivity contribution in [3.05, 3.63) is 0 Å². The van der Waals surface area contributed by atoms with E-state index in [9.17, 15) is 4.79 Å². The zero-order valence-corrected chi connectivity index (χ0v) is 6.99. The van der Waals surface area contributed by atoms with Crippen molar-refractivity contribution in [1.82, 2.24) is 9.91 Å². The third-order valence-corrected chi connectivity index (χ3v) is 1.87. The van der Waals surface area contributed by atoms with Crippen molar-refractivity contribution in [3.8, 4) is 12.3 Å². The molecule has 0 aromatic rings.